The second-order valence-electron chi connectivity index (χ2n) is 6.79. The van der Waals surface area contributed by atoms with Gasteiger partial charge < -0.3 is 9.47 Å². The van der Waals surface area contributed by atoms with Gasteiger partial charge in [0, 0.05) is 30.2 Å². The zero-order valence-electron chi connectivity index (χ0n) is 14.3. The SMILES string of the molecule is C[C@H]1Cc2cc(S(N)(=O)=O)ccc2N1C(=O)CSc1nccn1C1CC1. The van der Waals surface area contributed by atoms with E-state index in [9.17, 15) is 13.2 Å². The van der Waals surface area contributed by atoms with E-state index in [2.05, 4.69) is 9.55 Å². The van der Waals surface area contributed by atoms with Crippen LogP contribution in [0.15, 0.2) is 40.6 Å². The highest BCUT2D eigenvalue weighted by Crippen LogP contribution is 2.38. The van der Waals surface area contributed by atoms with E-state index in [0.29, 0.717) is 18.2 Å². The lowest BCUT2D eigenvalue weighted by Gasteiger charge is -2.22. The van der Waals surface area contributed by atoms with Gasteiger partial charge in [0.1, 0.15) is 0 Å². The van der Waals surface area contributed by atoms with E-state index < -0.39 is 10.0 Å². The summed E-state index contributed by atoms with van der Waals surface area (Å²) < 4.78 is 25.2. The minimum atomic E-state index is -3.75. The number of rotatable bonds is 5. The van der Waals surface area contributed by atoms with Crippen LogP contribution in [-0.2, 0) is 21.2 Å². The Bertz CT molecular complexity index is 966. The normalized spacial score (nSPS) is 19.6. The van der Waals surface area contributed by atoms with Gasteiger partial charge in [0.25, 0.3) is 0 Å². The number of hydrogen-bond acceptors (Lipinski definition) is 5. The lowest BCUT2D eigenvalue weighted by Crippen LogP contribution is -2.37. The number of aromatic nitrogens is 2. The average molecular weight is 393 g/mol. The van der Waals surface area contributed by atoms with Crippen LogP contribution in [-0.4, -0.2) is 35.7 Å². The van der Waals surface area contributed by atoms with Crippen LogP contribution in [0, 0.1) is 0 Å². The highest BCUT2D eigenvalue weighted by atomic mass is 32.2. The molecule has 9 heteroatoms. The molecule has 1 atom stereocenters. The predicted molar refractivity (Wildman–Crippen MR) is 99.7 cm³/mol. The molecule has 1 aliphatic heterocycles. The summed E-state index contributed by atoms with van der Waals surface area (Å²) in [5.74, 6) is 0.291. The molecule has 26 heavy (non-hydrogen) atoms. The molecule has 0 spiro atoms. The Hall–Kier alpha value is -1.84. The molecule has 1 aromatic carbocycles. The zero-order chi connectivity index (χ0) is 18.5. The van der Waals surface area contributed by atoms with Gasteiger partial charge in [-0.2, -0.15) is 0 Å². The fraction of sp³-hybridized carbons (Fsp3) is 0.412. The van der Waals surface area contributed by atoms with Crippen molar-refractivity contribution in [2.75, 3.05) is 10.7 Å². The molecule has 0 bridgehead atoms. The van der Waals surface area contributed by atoms with Gasteiger partial charge in [0.15, 0.2) is 5.16 Å². The van der Waals surface area contributed by atoms with Gasteiger partial charge in [-0.3, -0.25) is 4.79 Å². The minimum Gasteiger partial charge on any atom is -0.323 e. The second kappa shape index (κ2) is 6.40. The third-order valence-electron chi connectivity index (χ3n) is 4.76. The molecule has 2 heterocycles. The number of hydrogen-bond donors (Lipinski definition) is 1. The summed E-state index contributed by atoms with van der Waals surface area (Å²) in [5.41, 5.74) is 1.60. The molecule has 0 unspecified atom stereocenters. The Kier molecular flexibility index (Phi) is 4.32. The summed E-state index contributed by atoms with van der Waals surface area (Å²) in [4.78, 5) is 19.0. The van der Waals surface area contributed by atoms with Gasteiger partial charge in [-0.05, 0) is 49.9 Å². The van der Waals surface area contributed by atoms with Crippen molar-refractivity contribution in [3.63, 3.8) is 0 Å². The standard InChI is InChI=1S/C17H20N4O3S2/c1-11-8-12-9-14(26(18,23)24)4-5-15(12)21(11)16(22)10-25-17-19-6-7-20(17)13-2-3-13/h4-7,9,11,13H,2-3,8,10H2,1H3,(H2,18,23,24)/t11-/m0/s1. The smallest absolute Gasteiger partial charge is 0.238 e. The number of anilines is 1. The molecular formula is C17H20N4O3S2. The maximum atomic E-state index is 12.8. The molecule has 0 radical (unpaired) electrons. The topological polar surface area (TPSA) is 98.3 Å². The third-order valence-corrected chi connectivity index (χ3v) is 6.64. The number of imidazole rings is 1. The lowest BCUT2D eigenvalue weighted by molar-refractivity contribution is -0.116. The third kappa shape index (κ3) is 3.26. The summed E-state index contributed by atoms with van der Waals surface area (Å²) in [7, 11) is -3.75. The highest BCUT2D eigenvalue weighted by molar-refractivity contribution is 7.99. The molecule has 2 aromatic rings. The second-order valence-corrected chi connectivity index (χ2v) is 9.29. The van der Waals surface area contributed by atoms with Crippen molar-refractivity contribution >= 4 is 33.4 Å². The van der Waals surface area contributed by atoms with E-state index in [1.54, 1.807) is 23.2 Å². The number of thioether (sulfide) groups is 1. The van der Waals surface area contributed by atoms with Crippen LogP contribution in [0.25, 0.3) is 0 Å². The van der Waals surface area contributed by atoms with Crippen molar-refractivity contribution in [3.05, 3.63) is 36.2 Å². The van der Waals surface area contributed by atoms with Gasteiger partial charge in [0.05, 0.1) is 10.6 Å². The van der Waals surface area contributed by atoms with Crippen LogP contribution in [0.3, 0.4) is 0 Å². The Balaban J connectivity index is 1.51. The number of nitrogens with two attached hydrogens (primary N) is 1. The fourth-order valence-corrected chi connectivity index (χ4v) is 4.85. The molecule has 2 aliphatic rings. The summed E-state index contributed by atoms with van der Waals surface area (Å²) in [5, 5.41) is 6.08. The molecule has 1 fully saturated rings. The maximum absolute atomic E-state index is 12.8. The summed E-state index contributed by atoms with van der Waals surface area (Å²) in [6.45, 7) is 1.96. The van der Waals surface area contributed by atoms with Gasteiger partial charge in [-0.25, -0.2) is 18.5 Å². The molecule has 0 saturated heterocycles. The first-order chi connectivity index (χ1) is 12.3. The number of fused-ring (bicyclic) bond motifs is 1. The maximum Gasteiger partial charge on any atom is 0.238 e. The van der Waals surface area contributed by atoms with Crippen LogP contribution in [0.4, 0.5) is 5.69 Å². The molecule has 1 saturated carbocycles. The van der Waals surface area contributed by atoms with Crippen LogP contribution in [0.5, 0.6) is 0 Å². The molecule has 138 valence electrons. The van der Waals surface area contributed by atoms with Crippen LogP contribution >= 0.6 is 11.8 Å². The van der Waals surface area contributed by atoms with Gasteiger partial charge in [-0.1, -0.05) is 11.8 Å². The molecule has 4 rings (SSSR count). The number of nitrogens with zero attached hydrogens (tertiary/aromatic N) is 3. The first kappa shape index (κ1) is 17.6. The van der Waals surface area contributed by atoms with E-state index in [0.717, 1.165) is 16.4 Å². The van der Waals surface area contributed by atoms with Crippen LogP contribution in [0.1, 0.15) is 31.4 Å². The fourth-order valence-electron chi connectivity index (χ4n) is 3.40. The first-order valence-electron chi connectivity index (χ1n) is 8.48. The highest BCUT2D eigenvalue weighted by Gasteiger charge is 2.32. The molecule has 1 aromatic heterocycles. The summed E-state index contributed by atoms with van der Waals surface area (Å²) >= 11 is 1.45. The Morgan fingerprint density at radius 3 is 2.85 bits per heavy atom. The van der Waals surface area contributed by atoms with Crippen molar-refractivity contribution in [3.8, 4) is 0 Å². The summed E-state index contributed by atoms with van der Waals surface area (Å²) in [6.07, 6.45) is 6.69. The Morgan fingerprint density at radius 1 is 1.38 bits per heavy atom. The van der Waals surface area contributed by atoms with Crippen molar-refractivity contribution < 1.29 is 13.2 Å². The molecule has 7 nitrogen and oxygen atoms in total. The first-order valence-corrected chi connectivity index (χ1v) is 11.0. The number of amides is 1. The van der Waals surface area contributed by atoms with Gasteiger partial charge >= 0.3 is 0 Å². The Labute approximate surface area is 156 Å². The number of primary sulfonamides is 1. The molecular weight excluding hydrogens is 372 g/mol. The van der Waals surface area contributed by atoms with Crippen LogP contribution < -0.4 is 10.0 Å². The van der Waals surface area contributed by atoms with E-state index in [1.807, 2.05) is 13.1 Å². The predicted octanol–water partition coefficient (Wildman–Crippen LogP) is 1.94. The molecule has 1 aliphatic carbocycles. The van der Waals surface area contributed by atoms with Crippen LogP contribution in [0.2, 0.25) is 0 Å². The van der Waals surface area contributed by atoms with Crippen molar-refractivity contribution in [2.24, 2.45) is 5.14 Å². The van der Waals surface area contributed by atoms with Gasteiger partial charge in [-0.15, -0.1) is 0 Å². The lowest BCUT2D eigenvalue weighted by atomic mass is 10.1. The van der Waals surface area contributed by atoms with E-state index in [1.165, 1.54) is 30.7 Å². The van der Waals surface area contributed by atoms with Crippen molar-refractivity contribution in [1.29, 1.82) is 0 Å². The van der Waals surface area contributed by atoms with Crippen molar-refractivity contribution in [1.82, 2.24) is 9.55 Å². The largest absolute Gasteiger partial charge is 0.323 e. The minimum absolute atomic E-state index is 0.00467. The number of benzene rings is 1. The molecule has 1 amide bonds. The zero-order valence-corrected chi connectivity index (χ0v) is 16.0. The quantitative estimate of drug-likeness (QED) is 0.784. The summed E-state index contributed by atoms with van der Waals surface area (Å²) in [6, 6.07) is 5.21. The number of sulfonamides is 1. The molecule has 2 N–H and O–H groups in total. The monoisotopic (exact) mass is 392 g/mol. The number of carbonyl (C=O) groups is 1. The Morgan fingerprint density at radius 2 is 2.15 bits per heavy atom. The van der Waals surface area contributed by atoms with Crippen molar-refractivity contribution in [2.45, 2.75) is 48.3 Å². The van der Waals surface area contributed by atoms with Gasteiger partial charge in [0.2, 0.25) is 15.9 Å². The number of carbonyl (C=O) groups excluding carboxylic acids is 1. The van der Waals surface area contributed by atoms with E-state index >= 15 is 0 Å². The van der Waals surface area contributed by atoms with E-state index in [4.69, 9.17) is 5.14 Å². The average Bonchev–Trinajstić information content (AvgIpc) is 3.21. The van der Waals surface area contributed by atoms with E-state index in [-0.39, 0.29) is 16.8 Å².